The van der Waals surface area contributed by atoms with Gasteiger partial charge in [0.2, 0.25) is 0 Å². The van der Waals surface area contributed by atoms with Crippen LogP contribution in [0.5, 0.6) is 17.2 Å². The van der Waals surface area contributed by atoms with E-state index in [1.54, 1.807) is 12.1 Å². The number of carbonyl (C=O) groups excluding carboxylic acids is 1. The zero-order valence-corrected chi connectivity index (χ0v) is 28.7. The van der Waals surface area contributed by atoms with E-state index in [2.05, 4.69) is 20.7 Å². The highest BCUT2D eigenvalue weighted by Crippen LogP contribution is 2.41. The summed E-state index contributed by atoms with van der Waals surface area (Å²) in [6, 6.07) is 14.0. The molecule has 0 aliphatic rings. The minimum absolute atomic E-state index is 0.0609. The van der Waals surface area contributed by atoms with Crippen molar-refractivity contribution in [3.63, 3.8) is 0 Å². The van der Waals surface area contributed by atoms with E-state index in [4.69, 9.17) is 16.3 Å². The van der Waals surface area contributed by atoms with E-state index >= 15 is 0 Å². The molecule has 0 saturated heterocycles. The first-order valence-corrected chi connectivity index (χ1v) is 18.1. The van der Waals surface area contributed by atoms with Crippen LogP contribution in [0.3, 0.4) is 0 Å². The molecule has 0 unspecified atom stereocenters. The summed E-state index contributed by atoms with van der Waals surface area (Å²) in [6.45, 7) is 0. The number of hydrogen-bond donors (Lipinski definition) is 5. The minimum atomic E-state index is -4.71. The number of carbonyl (C=O) groups is 2. The van der Waals surface area contributed by atoms with Crippen LogP contribution in [0.4, 0.5) is 20.2 Å². The molecule has 19 heteroatoms. The van der Waals surface area contributed by atoms with Crippen molar-refractivity contribution in [1.29, 1.82) is 0 Å². The second-order valence-electron chi connectivity index (χ2n) is 9.82. The smallest absolute Gasteiger partial charge is 0.347 e. The summed E-state index contributed by atoms with van der Waals surface area (Å²) < 4.78 is 88.7. The molecule has 0 spiro atoms. The largest absolute Gasteiger partial charge is 0.507 e. The van der Waals surface area contributed by atoms with Crippen LogP contribution in [-0.2, 0) is 20.0 Å². The van der Waals surface area contributed by atoms with E-state index in [1.165, 1.54) is 18.2 Å². The minimum Gasteiger partial charge on any atom is -0.507 e. The summed E-state index contributed by atoms with van der Waals surface area (Å²) in [4.78, 5) is 23.8. The van der Waals surface area contributed by atoms with Gasteiger partial charge in [-0.05, 0) is 64.5 Å². The van der Waals surface area contributed by atoms with Crippen LogP contribution in [-0.4, -0.2) is 44.1 Å². The van der Waals surface area contributed by atoms with Crippen LogP contribution in [0.15, 0.2) is 92.4 Å². The van der Waals surface area contributed by atoms with Crippen molar-refractivity contribution in [2.45, 2.75) is 9.10 Å². The van der Waals surface area contributed by atoms with Crippen LogP contribution < -0.4 is 14.2 Å². The van der Waals surface area contributed by atoms with Gasteiger partial charge in [0.1, 0.15) is 53.5 Å². The van der Waals surface area contributed by atoms with Gasteiger partial charge in [0.15, 0.2) is 0 Å². The third-order valence-corrected chi connectivity index (χ3v) is 11.7. The average Bonchev–Trinajstić information content (AvgIpc) is 3.41. The predicted molar refractivity (Wildman–Crippen MR) is 179 cm³/mol. The number of phenolic OH excluding ortho intramolecular Hbond substituents is 2. The summed E-state index contributed by atoms with van der Waals surface area (Å²) in [5.74, 6) is -6.84. The van der Waals surface area contributed by atoms with Crippen LogP contribution >= 0.6 is 38.9 Å². The molecule has 1 aromatic heterocycles. The Labute approximate surface area is 293 Å². The van der Waals surface area contributed by atoms with E-state index in [0.29, 0.717) is 23.5 Å². The maximum absolute atomic E-state index is 14.3. The molecule has 254 valence electrons. The Bertz CT molecular complexity index is 2390. The van der Waals surface area contributed by atoms with Gasteiger partial charge in [-0.25, -0.2) is 35.2 Å². The number of nitrogens with one attached hydrogen (secondary N) is 2. The third-order valence-electron chi connectivity index (χ3n) is 6.52. The summed E-state index contributed by atoms with van der Waals surface area (Å²) in [5.41, 5.74) is -1.20. The number of esters is 1. The molecule has 0 aliphatic carbocycles. The Morgan fingerprint density at radius 1 is 0.776 bits per heavy atom. The fourth-order valence-corrected chi connectivity index (χ4v) is 8.50. The van der Waals surface area contributed by atoms with Crippen molar-refractivity contribution in [1.82, 2.24) is 0 Å². The number of benzene rings is 4. The van der Waals surface area contributed by atoms with Crippen LogP contribution in [0.1, 0.15) is 20.7 Å². The molecule has 49 heavy (non-hydrogen) atoms. The van der Waals surface area contributed by atoms with Gasteiger partial charge in [0.05, 0.1) is 15.8 Å². The summed E-state index contributed by atoms with van der Waals surface area (Å²) >= 11 is 9.69. The fourth-order valence-electron chi connectivity index (χ4n) is 4.26. The fraction of sp³-hybridized carbons (Fsp3) is 0. The maximum atomic E-state index is 14.3. The Morgan fingerprint density at radius 3 is 2.06 bits per heavy atom. The number of phenols is 2. The second-order valence-corrected chi connectivity index (χ2v) is 15.9. The molecule has 5 N–H and O–H groups in total. The lowest BCUT2D eigenvalue weighted by Gasteiger charge is -2.13. The number of carboxylic acids is 1. The van der Waals surface area contributed by atoms with E-state index in [1.807, 2.05) is 4.72 Å². The molecule has 0 amide bonds. The molecule has 0 aliphatic heterocycles. The van der Waals surface area contributed by atoms with Crippen molar-refractivity contribution >= 4 is 82.2 Å². The monoisotopic (exact) mass is 814 g/mol. The molecule has 4 aromatic carbocycles. The average molecular weight is 816 g/mol. The molecule has 0 radical (unpaired) electrons. The molecule has 0 atom stereocenters. The molecule has 5 aromatic rings. The lowest BCUT2D eigenvalue weighted by Crippen LogP contribution is -2.16. The van der Waals surface area contributed by atoms with Gasteiger partial charge in [-0.3, -0.25) is 9.44 Å². The highest BCUT2D eigenvalue weighted by molar-refractivity contribution is 9.10. The normalized spacial score (nSPS) is 11.6. The maximum Gasteiger partial charge on any atom is 0.347 e. The zero-order chi connectivity index (χ0) is 35.8. The molecular weight excluding hydrogens is 798 g/mol. The molecule has 5 rings (SSSR count). The van der Waals surface area contributed by atoms with Crippen molar-refractivity contribution in [2.24, 2.45) is 0 Å². The number of rotatable bonds is 10. The lowest BCUT2D eigenvalue weighted by atomic mass is 10.1. The number of halogens is 4. The number of thiophene rings is 1. The third kappa shape index (κ3) is 7.62. The first-order valence-electron chi connectivity index (χ1n) is 13.2. The molecule has 0 fully saturated rings. The Morgan fingerprint density at radius 2 is 1.41 bits per heavy atom. The second kappa shape index (κ2) is 13.6. The SMILES string of the molecule is O=C(Oc1cc(NS(=O)(=O)c2cc(-c3ccccc3O)c(Cl)s2)ccc1C(=O)O)c1ccc(NS(=O)(=O)c2cc(F)c(Br)cc2F)cc1O. The van der Waals surface area contributed by atoms with E-state index in [-0.39, 0.29) is 41.3 Å². The van der Waals surface area contributed by atoms with Crippen molar-refractivity contribution < 1.29 is 55.3 Å². The first-order chi connectivity index (χ1) is 23.0. The zero-order valence-electron chi connectivity index (χ0n) is 23.9. The highest BCUT2D eigenvalue weighted by Gasteiger charge is 2.26. The summed E-state index contributed by atoms with van der Waals surface area (Å²) in [6.07, 6.45) is 0. The molecular formula is C30H18BrClF2N2O10S3. The number of para-hydroxylation sites is 1. The Hall–Kier alpha value is -4.75. The van der Waals surface area contributed by atoms with Crippen molar-refractivity contribution in [3.8, 4) is 28.4 Å². The number of sulfonamides is 2. The first kappa shape index (κ1) is 35.6. The van der Waals surface area contributed by atoms with E-state index in [0.717, 1.165) is 36.4 Å². The number of anilines is 2. The number of carboxylic acid groups (broad SMARTS) is 1. The highest BCUT2D eigenvalue weighted by atomic mass is 79.9. The lowest BCUT2D eigenvalue weighted by molar-refractivity contribution is 0.0681. The molecule has 0 saturated carbocycles. The molecule has 0 bridgehead atoms. The summed E-state index contributed by atoms with van der Waals surface area (Å²) in [7, 11) is -9.05. The quantitative estimate of drug-likeness (QED) is 0.0554. The number of aromatic carboxylic acids is 1. The van der Waals surface area contributed by atoms with Gasteiger partial charge in [-0.2, -0.15) is 0 Å². The standard InChI is InChI=1S/C30H18BrClF2N2O10S3/c31-20-12-22(34)26(13-21(20)33)48(42,43)35-14-5-7-17(24(38)9-14)30(41)46-25-10-15(6-8-18(25)29(39)40)36-49(44,45)27-11-19(28(32)47-27)16-3-1-2-4-23(16)37/h1-13,35-38H,(H,39,40). The molecule has 1 heterocycles. The summed E-state index contributed by atoms with van der Waals surface area (Å²) in [5, 5.41) is 30.3. The van der Waals surface area contributed by atoms with Gasteiger partial charge in [0, 0.05) is 23.3 Å². The van der Waals surface area contributed by atoms with Gasteiger partial charge in [-0.15, -0.1) is 11.3 Å². The van der Waals surface area contributed by atoms with Crippen molar-refractivity contribution in [3.05, 3.63) is 110 Å². The van der Waals surface area contributed by atoms with Gasteiger partial charge < -0.3 is 20.1 Å². The van der Waals surface area contributed by atoms with E-state index in [9.17, 15) is 50.5 Å². The number of ether oxygens (including phenoxy) is 1. The van der Waals surface area contributed by atoms with Gasteiger partial charge in [0.25, 0.3) is 20.0 Å². The van der Waals surface area contributed by atoms with Crippen LogP contribution in [0, 0.1) is 11.6 Å². The number of hydrogen-bond acceptors (Lipinski definition) is 10. The van der Waals surface area contributed by atoms with E-state index < -0.39 is 71.1 Å². The van der Waals surface area contributed by atoms with Crippen LogP contribution in [0.2, 0.25) is 4.34 Å². The van der Waals surface area contributed by atoms with Crippen LogP contribution in [0.25, 0.3) is 11.1 Å². The number of aromatic hydroxyl groups is 2. The topological polar surface area (TPSA) is 196 Å². The predicted octanol–water partition coefficient (Wildman–Crippen LogP) is 7.04. The van der Waals surface area contributed by atoms with Gasteiger partial charge >= 0.3 is 11.9 Å². The molecule has 12 nitrogen and oxygen atoms in total. The van der Waals surface area contributed by atoms with Crippen molar-refractivity contribution in [2.75, 3.05) is 9.44 Å². The van der Waals surface area contributed by atoms with Gasteiger partial charge in [-0.1, -0.05) is 29.8 Å². The Balaban J connectivity index is 1.38. The Kier molecular flexibility index (Phi) is 9.89.